The van der Waals surface area contributed by atoms with Gasteiger partial charge in [-0.15, -0.1) is 0 Å². The van der Waals surface area contributed by atoms with Gasteiger partial charge in [-0.3, -0.25) is 0 Å². The Morgan fingerprint density at radius 3 is 1.58 bits per heavy atom. The zero-order valence-corrected chi connectivity index (χ0v) is 7.89. The smallest absolute Gasteiger partial charge is 0.156 e. The Kier molecular flexibility index (Phi) is 1.26. The van der Waals surface area contributed by atoms with E-state index in [-0.39, 0.29) is 10.5 Å². The van der Waals surface area contributed by atoms with E-state index in [0.29, 0.717) is 0 Å². The number of rotatable bonds is 0. The monoisotopic (exact) mass is 186 g/mol. The van der Waals surface area contributed by atoms with E-state index in [0.717, 1.165) is 37.5 Å². The van der Waals surface area contributed by atoms with Gasteiger partial charge in [0.2, 0.25) is 0 Å². The molecule has 3 heteroatoms. The Labute approximate surface area is 73.3 Å². The first kappa shape index (κ1) is 7.36. The summed E-state index contributed by atoms with van der Waals surface area (Å²) in [7, 11) is -2.67. The van der Waals surface area contributed by atoms with Crippen LogP contribution in [-0.2, 0) is 9.84 Å². The molecule has 0 aromatic rings. The molecule has 68 valence electrons. The maximum absolute atomic E-state index is 11.8. The Balaban J connectivity index is 2.06. The highest BCUT2D eigenvalue weighted by molar-refractivity contribution is 7.92. The van der Waals surface area contributed by atoms with Gasteiger partial charge in [0.1, 0.15) is 0 Å². The van der Waals surface area contributed by atoms with Crippen LogP contribution in [0, 0.1) is 11.8 Å². The van der Waals surface area contributed by atoms with Crippen LogP contribution in [0.15, 0.2) is 0 Å². The molecule has 4 fully saturated rings. The summed E-state index contributed by atoms with van der Waals surface area (Å²) >= 11 is 0. The van der Waals surface area contributed by atoms with Crippen molar-refractivity contribution in [2.45, 2.75) is 42.6 Å². The first-order valence-corrected chi connectivity index (χ1v) is 6.50. The van der Waals surface area contributed by atoms with Crippen LogP contribution < -0.4 is 0 Å². The Bertz CT molecular complexity index is 270. The first-order valence-electron chi connectivity index (χ1n) is 4.89. The van der Waals surface area contributed by atoms with Crippen LogP contribution in [0.4, 0.5) is 0 Å². The summed E-state index contributed by atoms with van der Waals surface area (Å²) in [5.74, 6) is 1.52. The van der Waals surface area contributed by atoms with E-state index >= 15 is 0 Å². The molecule has 2 saturated carbocycles. The van der Waals surface area contributed by atoms with Gasteiger partial charge in [0.15, 0.2) is 9.84 Å². The second kappa shape index (κ2) is 2.06. The Hall–Kier alpha value is -0.0500. The summed E-state index contributed by atoms with van der Waals surface area (Å²) in [5.41, 5.74) is 0. The topological polar surface area (TPSA) is 34.1 Å². The van der Waals surface area contributed by atoms with Crippen molar-refractivity contribution in [3.8, 4) is 0 Å². The summed E-state index contributed by atoms with van der Waals surface area (Å²) in [6.45, 7) is 0. The van der Waals surface area contributed by atoms with Gasteiger partial charge in [0, 0.05) is 0 Å². The zero-order chi connectivity index (χ0) is 8.34. The van der Waals surface area contributed by atoms with Gasteiger partial charge in [-0.2, -0.15) is 0 Å². The van der Waals surface area contributed by atoms with Gasteiger partial charge in [-0.1, -0.05) is 0 Å². The molecule has 2 aliphatic heterocycles. The van der Waals surface area contributed by atoms with E-state index in [4.69, 9.17) is 0 Å². The summed E-state index contributed by atoms with van der Waals surface area (Å²) < 4.78 is 23.5. The van der Waals surface area contributed by atoms with E-state index in [1.54, 1.807) is 0 Å². The predicted molar refractivity (Wildman–Crippen MR) is 46.6 cm³/mol. The van der Waals surface area contributed by atoms with Crippen molar-refractivity contribution in [2.24, 2.45) is 11.8 Å². The molecule has 0 aromatic heterocycles. The average Bonchev–Trinajstić information content (AvgIpc) is 1.99. The average molecular weight is 186 g/mol. The highest BCUT2D eigenvalue weighted by Gasteiger charge is 2.51. The zero-order valence-electron chi connectivity index (χ0n) is 7.07. The fourth-order valence-electron chi connectivity index (χ4n) is 3.54. The molecule has 12 heavy (non-hydrogen) atoms. The molecule has 0 spiro atoms. The Morgan fingerprint density at radius 1 is 0.750 bits per heavy atom. The van der Waals surface area contributed by atoms with Crippen LogP contribution in [0.25, 0.3) is 0 Å². The largest absolute Gasteiger partial charge is 0.228 e. The van der Waals surface area contributed by atoms with E-state index in [2.05, 4.69) is 0 Å². The molecular formula is C9H14O2S. The molecule has 0 atom stereocenters. The van der Waals surface area contributed by atoms with Crippen molar-refractivity contribution in [2.75, 3.05) is 0 Å². The van der Waals surface area contributed by atoms with Gasteiger partial charge >= 0.3 is 0 Å². The normalized spacial score (nSPS) is 54.3. The van der Waals surface area contributed by atoms with Crippen molar-refractivity contribution in [3.63, 3.8) is 0 Å². The van der Waals surface area contributed by atoms with Gasteiger partial charge in [0.05, 0.1) is 10.5 Å². The third kappa shape index (κ3) is 0.781. The van der Waals surface area contributed by atoms with Crippen LogP contribution >= 0.6 is 0 Å². The molecule has 0 aromatic carbocycles. The quantitative estimate of drug-likeness (QED) is 0.572. The minimum absolute atomic E-state index is 0.0637. The van der Waals surface area contributed by atoms with Crippen molar-refractivity contribution in [3.05, 3.63) is 0 Å². The van der Waals surface area contributed by atoms with Crippen molar-refractivity contribution < 1.29 is 8.42 Å². The van der Waals surface area contributed by atoms with Crippen molar-refractivity contribution in [1.82, 2.24) is 0 Å². The third-order valence-electron chi connectivity index (χ3n) is 3.98. The standard InChI is InChI=1S/C9H14O2S/c10-12(11)8-2-6-1-7(4-8)5-9(12)3-6/h6-9H,1-5H2. The first-order chi connectivity index (χ1) is 5.66. The third-order valence-corrected chi connectivity index (χ3v) is 6.61. The predicted octanol–water partition coefficient (Wildman–Crippen LogP) is 1.36. The second-order valence-corrected chi connectivity index (χ2v) is 7.25. The molecular weight excluding hydrogens is 172 g/mol. The highest BCUT2D eigenvalue weighted by Crippen LogP contribution is 2.50. The van der Waals surface area contributed by atoms with Crippen LogP contribution in [0.2, 0.25) is 0 Å². The minimum atomic E-state index is -2.67. The second-order valence-electron chi connectivity index (χ2n) is 4.74. The lowest BCUT2D eigenvalue weighted by atomic mass is 9.71. The molecule has 4 rings (SSSR count). The number of sulfone groups is 1. The molecule has 2 heterocycles. The van der Waals surface area contributed by atoms with Gasteiger partial charge < -0.3 is 0 Å². The fourth-order valence-corrected chi connectivity index (χ4v) is 6.24. The van der Waals surface area contributed by atoms with Crippen LogP contribution in [0.5, 0.6) is 0 Å². The molecule has 0 amide bonds. The van der Waals surface area contributed by atoms with Crippen LogP contribution in [0.1, 0.15) is 32.1 Å². The maximum Gasteiger partial charge on any atom is 0.156 e. The minimum Gasteiger partial charge on any atom is -0.228 e. The molecule has 2 saturated heterocycles. The van der Waals surface area contributed by atoms with Crippen LogP contribution in [-0.4, -0.2) is 18.9 Å². The molecule has 0 unspecified atom stereocenters. The maximum atomic E-state index is 11.8. The molecule has 4 bridgehead atoms. The summed E-state index contributed by atoms with van der Waals surface area (Å²) in [4.78, 5) is 0. The molecule has 2 aliphatic carbocycles. The number of hydrogen-bond acceptors (Lipinski definition) is 2. The molecule has 2 nitrogen and oxygen atoms in total. The number of hydrogen-bond donors (Lipinski definition) is 0. The SMILES string of the molecule is O=S1(=O)C2CC3CC(C2)CC1C3. The summed E-state index contributed by atoms with van der Waals surface area (Å²) in [6, 6.07) is 0. The van der Waals surface area contributed by atoms with E-state index in [1.165, 1.54) is 6.42 Å². The van der Waals surface area contributed by atoms with E-state index in [9.17, 15) is 8.42 Å². The van der Waals surface area contributed by atoms with E-state index in [1.807, 2.05) is 0 Å². The lowest BCUT2D eigenvalue weighted by molar-refractivity contribution is 0.172. The van der Waals surface area contributed by atoms with Crippen LogP contribution in [0.3, 0.4) is 0 Å². The fraction of sp³-hybridized carbons (Fsp3) is 1.00. The van der Waals surface area contributed by atoms with Gasteiger partial charge in [-0.25, -0.2) is 8.42 Å². The summed E-state index contributed by atoms with van der Waals surface area (Å²) in [5, 5.41) is 0.127. The van der Waals surface area contributed by atoms with Gasteiger partial charge in [0.25, 0.3) is 0 Å². The van der Waals surface area contributed by atoms with Gasteiger partial charge in [-0.05, 0) is 43.9 Å². The Morgan fingerprint density at radius 2 is 1.17 bits per heavy atom. The van der Waals surface area contributed by atoms with Crippen molar-refractivity contribution in [1.29, 1.82) is 0 Å². The highest BCUT2D eigenvalue weighted by atomic mass is 32.2. The molecule has 0 N–H and O–H groups in total. The lowest BCUT2D eigenvalue weighted by Crippen LogP contribution is -2.51. The van der Waals surface area contributed by atoms with Crippen molar-refractivity contribution >= 4 is 9.84 Å². The molecule has 0 radical (unpaired) electrons. The lowest BCUT2D eigenvalue weighted by Gasteiger charge is -2.48. The van der Waals surface area contributed by atoms with E-state index < -0.39 is 9.84 Å². The molecule has 4 aliphatic rings. The summed E-state index contributed by atoms with van der Waals surface area (Å²) in [6.07, 6.45) is 5.25.